The third kappa shape index (κ3) is 2.75. The first-order chi connectivity index (χ1) is 9.40. The van der Waals surface area contributed by atoms with Gasteiger partial charge in [0, 0.05) is 17.1 Å². The minimum absolute atomic E-state index is 0.0908. The van der Waals surface area contributed by atoms with Crippen LogP contribution in [-0.2, 0) is 9.59 Å². The van der Waals surface area contributed by atoms with Crippen molar-refractivity contribution in [1.29, 1.82) is 0 Å². The van der Waals surface area contributed by atoms with Gasteiger partial charge in [-0.1, -0.05) is 11.6 Å². The second-order valence-electron chi connectivity index (χ2n) is 4.56. The zero-order valence-electron chi connectivity index (χ0n) is 10.7. The minimum atomic E-state index is -1.15. The predicted molar refractivity (Wildman–Crippen MR) is 71.7 cm³/mol. The molecule has 0 aromatic heterocycles. The van der Waals surface area contributed by atoms with Gasteiger partial charge in [-0.25, -0.2) is 4.79 Å². The van der Waals surface area contributed by atoms with Crippen LogP contribution in [0.3, 0.4) is 0 Å². The normalized spacial score (nSPS) is 18.6. The third-order valence-corrected chi connectivity index (χ3v) is 3.56. The average Bonchev–Trinajstić information content (AvgIpc) is 2.40. The molecule has 0 bridgehead atoms. The van der Waals surface area contributed by atoms with Gasteiger partial charge in [-0.3, -0.25) is 9.59 Å². The van der Waals surface area contributed by atoms with E-state index in [0.29, 0.717) is 16.1 Å². The molecule has 7 heteroatoms. The molecule has 0 aliphatic carbocycles. The predicted octanol–water partition coefficient (Wildman–Crippen LogP) is 0.674. The molecule has 106 valence electrons. The highest BCUT2D eigenvalue weighted by Crippen LogP contribution is 2.19. The Bertz CT molecular complexity index is 588. The van der Waals surface area contributed by atoms with Gasteiger partial charge in [-0.15, -0.1) is 0 Å². The van der Waals surface area contributed by atoms with Crippen LogP contribution in [0.4, 0.5) is 0 Å². The highest BCUT2D eigenvalue weighted by molar-refractivity contribution is 6.31. The van der Waals surface area contributed by atoms with Crippen LogP contribution in [0.25, 0.3) is 0 Å². The molecule has 1 saturated heterocycles. The number of carboxylic acid groups (broad SMARTS) is 1. The summed E-state index contributed by atoms with van der Waals surface area (Å²) in [5, 5.41) is 12.1. The lowest BCUT2D eigenvalue weighted by Gasteiger charge is -2.32. The van der Waals surface area contributed by atoms with Crippen LogP contribution in [-0.4, -0.2) is 46.9 Å². The number of amides is 2. The number of carbonyl (C=O) groups is 3. The number of hydrogen-bond acceptors (Lipinski definition) is 3. The number of carbonyl (C=O) groups excluding carboxylic acids is 2. The number of hydrogen-bond donors (Lipinski definition) is 2. The lowest BCUT2D eigenvalue weighted by atomic mass is 10.1. The average molecular weight is 297 g/mol. The van der Waals surface area contributed by atoms with Crippen molar-refractivity contribution in [1.82, 2.24) is 10.2 Å². The van der Waals surface area contributed by atoms with Gasteiger partial charge in [0.25, 0.3) is 5.91 Å². The van der Waals surface area contributed by atoms with Crippen LogP contribution in [0.5, 0.6) is 0 Å². The van der Waals surface area contributed by atoms with Crippen LogP contribution in [0.1, 0.15) is 15.9 Å². The Hall–Kier alpha value is -2.08. The van der Waals surface area contributed by atoms with Gasteiger partial charge in [-0.05, 0) is 30.7 Å². The van der Waals surface area contributed by atoms with E-state index in [0.717, 1.165) is 4.90 Å². The van der Waals surface area contributed by atoms with Crippen molar-refractivity contribution in [2.75, 3.05) is 13.1 Å². The van der Waals surface area contributed by atoms with Crippen LogP contribution in [0, 0.1) is 6.92 Å². The van der Waals surface area contributed by atoms with E-state index in [1.807, 2.05) is 0 Å². The van der Waals surface area contributed by atoms with E-state index in [1.54, 1.807) is 19.1 Å². The highest BCUT2D eigenvalue weighted by Gasteiger charge is 2.35. The van der Waals surface area contributed by atoms with Gasteiger partial charge in [0.2, 0.25) is 5.91 Å². The second-order valence-corrected chi connectivity index (χ2v) is 4.96. The van der Waals surface area contributed by atoms with E-state index in [4.69, 9.17) is 16.7 Å². The van der Waals surface area contributed by atoms with Crippen LogP contribution < -0.4 is 5.32 Å². The Balaban J connectivity index is 2.31. The molecular weight excluding hydrogens is 284 g/mol. The summed E-state index contributed by atoms with van der Waals surface area (Å²) >= 11 is 5.89. The second kappa shape index (κ2) is 5.50. The highest BCUT2D eigenvalue weighted by atomic mass is 35.5. The Morgan fingerprint density at radius 2 is 2.15 bits per heavy atom. The molecule has 1 aromatic carbocycles. The van der Waals surface area contributed by atoms with E-state index in [1.165, 1.54) is 6.07 Å². The van der Waals surface area contributed by atoms with Crippen molar-refractivity contribution < 1.29 is 19.5 Å². The van der Waals surface area contributed by atoms with Crippen molar-refractivity contribution >= 4 is 29.4 Å². The van der Waals surface area contributed by atoms with E-state index >= 15 is 0 Å². The molecular formula is C13H13ClN2O4. The number of rotatable bonds is 2. The van der Waals surface area contributed by atoms with Gasteiger partial charge in [0.05, 0.1) is 0 Å². The summed E-state index contributed by atoms with van der Waals surface area (Å²) in [6, 6.07) is 3.61. The van der Waals surface area contributed by atoms with Gasteiger partial charge in [0.15, 0.2) is 0 Å². The Kier molecular flexibility index (Phi) is 3.94. The molecule has 1 aliphatic rings. The number of aliphatic carboxylic acids is 1. The van der Waals surface area contributed by atoms with Crippen molar-refractivity contribution in [3.8, 4) is 0 Å². The molecule has 0 saturated carbocycles. The zero-order valence-corrected chi connectivity index (χ0v) is 11.5. The zero-order chi connectivity index (χ0) is 14.9. The summed E-state index contributed by atoms with van der Waals surface area (Å²) in [5.74, 6) is -2.02. The fourth-order valence-corrected chi connectivity index (χ4v) is 2.14. The van der Waals surface area contributed by atoms with Gasteiger partial charge < -0.3 is 15.3 Å². The maximum atomic E-state index is 12.4. The summed E-state index contributed by atoms with van der Waals surface area (Å²) in [5.41, 5.74) is 1.03. The summed E-state index contributed by atoms with van der Waals surface area (Å²) in [6.45, 7) is 1.39. The molecule has 1 atom stereocenters. The number of carboxylic acids is 1. The summed E-state index contributed by atoms with van der Waals surface area (Å²) in [4.78, 5) is 36.0. The molecule has 2 rings (SSSR count). The van der Waals surface area contributed by atoms with Crippen molar-refractivity contribution in [2.24, 2.45) is 0 Å². The van der Waals surface area contributed by atoms with Gasteiger partial charge >= 0.3 is 5.97 Å². The molecule has 1 aliphatic heterocycles. The number of nitrogens with zero attached hydrogens (tertiary/aromatic N) is 1. The van der Waals surface area contributed by atoms with E-state index < -0.39 is 17.9 Å². The molecule has 1 fully saturated rings. The minimum Gasteiger partial charge on any atom is -0.480 e. The molecule has 0 spiro atoms. The fraction of sp³-hybridized carbons (Fsp3) is 0.308. The quantitative estimate of drug-likeness (QED) is 0.840. The maximum Gasteiger partial charge on any atom is 0.328 e. The molecule has 2 amide bonds. The maximum absolute atomic E-state index is 12.4. The van der Waals surface area contributed by atoms with Crippen LogP contribution >= 0.6 is 11.6 Å². The molecule has 2 N–H and O–H groups in total. The monoisotopic (exact) mass is 296 g/mol. The number of halogens is 1. The third-order valence-electron chi connectivity index (χ3n) is 3.13. The topological polar surface area (TPSA) is 86.7 Å². The SMILES string of the molecule is Cc1cc(C(=O)N2CC(=O)NCC2C(=O)O)ccc1Cl. The number of nitrogens with one attached hydrogen (secondary N) is 1. The molecule has 1 aromatic rings. The molecule has 0 radical (unpaired) electrons. The molecule has 1 heterocycles. The first-order valence-electron chi connectivity index (χ1n) is 5.97. The summed E-state index contributed by atoms with van der Waals surface area (Å²) < 4.78 is 0. The van der Waals surface area contributed by atoms with E-state index in [2.05, 4.69) is 5.32 Å². The van der Waals surface area contributed by atoms with E-state index in [-0.39, 0.29) is 19.0 Å². The largest absolute Gasteiger partial charge is 0.480 e. The van der Waals surface area contributed by atoms with Crippen molar-refractivity contribution in [3.05, 3.63) is 34.3 Å². The van der Waals surface area contributed by atoms with Gasteiger partial charge in [0.1, 0.15) is 12.6 Å². The van der Waals surface area contributed by atoms with Crippen LogP contribution in [0.2, 0.25) is 5.02 Å². The van der Waals surface area contributed by atoms with Gasteiger partial charge in [-0.2, -0.15) is 0 Å². The number of benzene rings is 1. The lowest BCUT2D eigenvalue weighted by Crippen LogP contribution is -2.59. The standard InChI is InChI=1S/C13H13ClN2O4/c1-7-4-8(2-3-9(7)14)12(18)16-6-11(17)15-5-10(16)13(19)20/h2-4,10H,5-6H2,1H3,(H,15,17)(H,19,20). The Morgan fingerprint density at radius 3 is 2.75 bits per heavy atom. The molecule has 6 nitrogen and oxygen atoms in total. The smallest absolute Gasteiger partial charge is 0.328 e. The van der Waals surface area contributed by atoms with Crippen molar-refractivity contribution in [3.63, 3.8) is 0 Å². The first kappa shape index (κ1) is 14.3. The number of aryl methyl sites for hydroxylation is 1. The Morgan fingerprint density at radius 1 is 1.45 bits per heavy atom. The summed E-state index contributed by atoms with van der Waals surface area (Å²) in [6.07, 6.45) is 0. The fourth-order valence-electron chi connectivity index (χ4n) is 2.02. The molecule has 1 unspecified atom stereocenters. The number of piperazine rings is 1. The van der Waals surface area contributed by atoms with E-state index in [9.17, 15) is 14.4 Å². The van der Waals surface area contributed by atoms with Crippen molar-refractivity contribution in [2.45, 2.75) is 13.0 Å². The van der Waals surface area contributed by atoms with Crippen LogP contribution in [0.15, 0.2) is 18.2 Å². The molecule has 20 heavy (non-hydrogen) atoms. The Labute approximate surface area is 120 Å². The summed E-state index contributed by atoms with van der Waals surface area (Å²) in [7, 11) is 0. The first-order valence-corrected chi connectivity index (χ1v) is 6.34. The lowest BCUT2D eigenvalue weighted by molar-refractivity contribution is -0.144.